The predicted molar refractivity (Wildman–Crippen MR) is 129 cm³/mol. The zero-order valence-electron chi connectivity index (χ0n) is 16.4. The molecule has 0 saturated carbocycles. The first-order valence-electron chi connectivity index (χ1n) is 8.93. The maximum absolute atomic E-state index is 13.0. The number of hydrogen-bond donors (Lipinski definition) is 0. The van der Waals surface area contributed by atoms with Gasteiger partial charge in [0.2, 0.25) is 0 Å². The molecule has 0 bridgehead atoms. The zero-order valence-corrected chi connectivity index (χ0v) is 20.3. The van der Waals surface area contributed by atoms with Gasteiger partial charge in [0.1, 0.15) is 11.3 Å². The quantitative estimate of drug-likeness (QED) is 0.372. The molecule has 0 N–H and O–H groups in total. The first-order chi connectivity index (χ1) is 13.8. The molecule has 0 aliphatic carbocycles. The molecule has 1 heterocycles. The lowest BCUT2D eigenvalue weighted by Crippen LogP contribution is -2.36. The van der Waals surface area contributed by atoms with Crippen molar-refractivity contribution in [2.45, 2.75) is 6.42 Å². The van der Waals surface area contributed by atoms with Gasteiger partial charge in [-0.15, -0.1) is 12.4 Å². The van der Waals surface area contributed by atoms with Crippen LogP contribution < -0.4 is 9.64 Å². The first kappa shape index (κ1) is 25.0. The van der Waals surface area contributed by atoms with Gasteiger partial charge in [-0.25, -0.2) is 4.98 Å². The maximum atomic E-state index is 13.0. The molecule has 2 aromatic carbocycles. The summed E-state index contributed by atoms with van der Waals surface area (Å²) >= 11 is 19.7. The van der Waals surface area contributed by atoms with Crippen LogP contribution in [0.15, 0.2) is 36.4 Å². The lowest BCUT2D eigenvalue weighted by molar-refractivity contribution is -0.120. The molecule has 0 atom stereocenters. The highest BCUT2D eigenvalue weighted by atomic mass is 35.5. The van der Waals surface area contributed by atoms with Crippen LogP contribution in [0.5, 0.6) is 5.75 Å². The van der Waals surface area contributed by atoms with Crippen LogP contribution in [0.2, 0.25) is 15.1 Å². The van der Waals surface area contributed by atoms with E-state index >= 15 is 0 Å². The van der Waals surface area contributed by atoms with Gasteiger partial charge < -0.3 is 9.64 Å². The van der Waals surface area contributed by atoms with E-state index in [9.17, 15) is 4.79 Å². The summed E-state index contributed by atoms with van der Waals surface area (Å²) in [6.45, 7) is 1.21. The number of carbonyl (C=O) groups is 1. The van der Waals surface area contributed by atoms with E-state index in [-0.39, 0.29) is 24.9 Å². The van der Waals surface area contributed by atoms with Crippen molar-refractivity contribution in [1.82, 2.24) is 9.88 Å². The summed E-state index contributed by atoms with van der Waals surface area (Å²) < 4.78 is 6.57. The van der Waals surface area contributed by atoms with Gasteiger partial charge in [0.25, 0.3) is 5.91 Å². The minimum absolute atomic E-state index is 0. The molecule has 1 amide bonds. The lowest BCUT2D eigenvalue weighted by atomic mass is 10.3. The monoisotopic (exact) mass is 507 g/mol. The Labute approximate surface area is 200 Å². The Morgan fingerprint density at radius 3 is 2.53 bits per heavy atom. The Bertz CT molecular complexity index is 1010. The Morgan fingerprint density at radius 1 is 1.10 bits per heavy atom. The Hall–Kier alpha value is -1.28. The van der Waals surface area contributed by atoms with Crippen LogP contribution in [-0.4, -0.2) is 49.6 Å². The largest absolute Gasteiger partial charge is 0.482 e. The molecule has 0 aliphatic rings. The summed E-state index contributed by atoms with van der Waals surface area (Å²) in [5.74, 6) is 0.204. The molecule has 10 heteroatoms. The molecule has 0 aliphatic heterocycles. The fraction of sp³-hybridized carbons (Fsp3) is 0.300. The third-order valence-electron chi connectivity index (χ3n) is 4.12. The number of ether oxygens (including phenoxy) is 1. The average Bonchev–Trinajstić information content (AvgIpc) is 3.09. The van der Waals surface area contributed by atoms with Gasteiger partial charge in [0.05, 0.1) is 14.7 Å². The first-order valence-corrected chi connectivity index (χ1v) is 10.9. The normalized spacial score (nSPS) is 10.9. The number of thiazole rings is 1. The highest BCUT2D eigenvalue weighted by molar-refractivity contribution is 7.22. The second kappa shape index (κ2) is 11.4. The molecular weight excluding hydrogens is 488 g/mol. The van der Waals surface area contributed by atoms with Crippen LogP contribution in [0.25, 0.3) is 10.2 Å². The molecule has 0 radical (unpaired) electrons. The standard InChI is InChI=1S/C20H20Cl3N3O2S.ClH/c1-25(2)9-4-10-26(20-24-19-14(22)5-3-6-17(19)29-20)18(27)12-28-16-8-7-13(21)11-15(16)23;/h3,5-8,11H,4,9-10,12H2,1-2H3;1H. The van der Waals surface area contributed by atoms with Crippen molar-refractivity contribution < 1.29 is 9.53 Å². The number of hydrogen-bond acceptors (Lipinski definition) is 5. The molecule has 0 spiro atoms. The number of halogens is 4. The van der Waals surface area contributed by atoms with E-state index in [1.54, 1.807) is 29.2 Å². The summed E-state index contributed by atoms with van der Waals surface area (Å²) in [6, 6.07) is 10.5. The number of para-hydroxylation sites is 1. The van der Waals surface area contributed by atoms with E-state index < -0.39 is 0 Å². The van der Waals surface area contributed by atoms with Gasteiger partial charge in [-0.1, -0.05) is 52.2 Å². The summed E-state index contributed by atoms with van der Waals surface area (Å²) in [7, 11) is 3.99. The van der Waals surface area contributed by atoms with E-state index in [0.717, 1.165) is 17.7 Å². The number of rotatable bonds is 8. The SMILES string of the molecule is CN(C)CCCN(C(=O)COc1ccc(Cl)cc1Cl)c1nc2c(Cl)cccc2s1.Cl. The molecule has 5 nitrogen and oxygen atoms in total. The number of amides is 1. The van der Waals surface area contributed by atoms with Gasteiger partial charge in [0, 0.05) is 11.6 Å². The number of benzene rings is 2. The smallest absolute Gasteiger partial charge is 0.266 e. The topological polar surface area (TPSA) is 45.7 Å². The number of carbonyl (C=O) groups excluding carboxylic acids is 1. The van der Waals surface area contributed by atoms with Crippen LogP contribution in [0.1, 0.15) is 6.42 Å². The molecule has 0 unspecified atom stereocenters. The Balaban J connectivity index is 0.00000320. The molecule has 3 rings (SSSR count). The summed E-state index contributed by atoms with van der Waals surface area (Å²) in [4.78, 5) is 21.3. The lowest BCUT2D eigenvalue weighted by Gasteiger charge is -2.21. The second-order valence-corrected chi connectivity index (χ2v) is 8.91. The molecular formula is C20H21Cl4N3O2S. The number of nitrogens with zero attached hydrogens (tertiary/aromatic N) is 3. The van der Waals surface area contributed by atoms with Crippen LogP contribution >= 0.6 is 58.5 Å². The second-order valence-electron chi connectivity index (χ2n) is 6.65. The van der Waals surface area contributed by atoms with Crippen molar-refractivity contribution in [3.8, 4) is 5.75 Å². The van der Waals surface area contributed by atoms with Crippen LogP contribution in [0, 0.1) is 0 Å². The van der Waals surface area contributed by atoms with Crippen molar-refractivity contribution in [2.24, 2.45) is 0 Å². The number of anilines is 1. The maximum Gasteiger partial charge on any atom is 0.266 e. The average molecular weight is 509 g/mol. The van der Waals surface area contributed by atoms with Gasteiger partial charge in [-0.2, -0.15) is 0 Å². The summed E-state index contributed by atoms with van der Waals surface area (Å²) in [6.07, 6.45) is 0.796. The predicted octanol–water partition coefficient (Wildman–Crippen LogP) is 6.04. The number of aromatic nitrogens is 1. The van der Waals surface area contributed by atoms with Crippen LogP contribution in [0.3, 0.4) is 0 Å². The van der Waals surface area contributed by atoms with Crippen molar-refractivity contribution in [1.29, 1.82) is 0 Å². The van der Waals surface area contributed by atoms with Crippen molar-refractivity contribution in [3.63, 3.8) is 0 Å². The molecule has 3 aromatic rings. The van der Waals surface area contributed by atoms with Crippen molar-refractivity contribution in [3.05, 3.63) is 51.5 Å². The molecule has 30 heavy (non-hydrogen) atoms. The van der Waals surface area contributed by atoms with Gasteiger partial charge in [0.15, 0.2) is 11.7 Å². The minimum Gasteiger partial charge on any atom is -0.482 e. The minimum atomic E-state index is -0.204. The summed E-state index contributed by atoms with van der Waals surface area (Å²) in [5, 5.41) is 2.03. The van der Waals surface area contributed by atoms with Crippen molar-refractivity contribution in [2.75, 3.05) is 38.7 Å². The van der Waals surface area contributed by atoms with Crippen molar-refractivity contribution >= 4 is 79.8 Å². The molecule has 162 valence electrons. The van der Waals surface area contributed by atoms with Crippen LogP contribution in [-0.2, 0) is 4.79 Å². The molecule has 0 fully saturated rings. The third kappa shape index (κ3) is 6.36. The summed E-state index contributed by atoms with van der Waals surface area (Å²) in [5.41, 5.74) is 0.696. The van der Waals surface area contributed by atoms with E-state index in [1.807, 2.05) is 26.2 Å². The van der Waals surface area contributed by atoms with E-state index in [4.69, 9.17) is 39.5 Å². The number of fused-ring (bicyclic) bond motifs is 1. The third-order valence-corrected chi connectivity index (χ3v) is 6.00. The highest BCUT2D eigenvalue weighted by Gasteiger charge is 2.21. The zero-order chi connectivity index (χ0) is 21.0. The molecule has 0 saturated heterocycles. The van der Waals surface area contributed by atoms with Gasteiger partial charge >= 0.3 is 0 Å². The van der Waals surface area contributed by atoms with E-state index in [0.29, 0.717) is 38.0 Å². The Morgan fingerprint density at radius 2 is 1.87 bits per heavy atom. The van der Waals surface area contributed by atoms with Gasteiger partial charge in [-0.3, -0.25) is 9.69 Å². The Kier molecular flexibility index (Phi) is 9.47. The van der Waals surface area contributed by atoms with Crippen LogP contribution in [0.4, 0.5) is 5.13 Å². The van der Waals surface area contributed by atoms with E-state index in [2.05, 4.69) is 9.88 Å². The van der Waals surface area contributed by atoms with Gasteiger partial charge in [-0.05, 0) is 57.4 Å². The fourth-order valence-electron chi connectivity index (χ4n) is 2.70. The highest BCUT2D eigenvalue weighted by Crippen LogP contribution is 2.33. The molecule has 1 aromatic heterocycles. The van der Waals surface area contributed by atoms with E-state index in [1.165, 1.54) is 11.3 Å². The fourth-order valence-corrected chi connectivity index (χ4v) is 4.47.